The average molecular weight is 357 g/mol. The third-order valence-electron chi connectivity index (χ3n) is 4.26. The topological polar surface area (TPSA) is 91.8 Å². The number of methoxy groups -OCH3 is 3. The van der Waals surface area contributed by atoms with Crippen LogP contribution in [0, 0.1) is 0 Å². The molecule has 140 valence electrons. The van der Waals surface area contributed by atoms with E-state index in [0.29, 0.717) is 40.1 Å². The first-order valence-electron chi connectivity index (χ1n) is 8.33. The van der Waals surface area contributed by atoms with Crippen LogP contribution in [0.15, 0.2) is 36.4 Å². The summed E-state index contributed by atoms with van der Waals surface area (Å²) < 4.78 is 16.1. The molecule has 0 atom stereocenters. The summed E-state index contributed by atoms with van der Waals surface area (Å²) in [5.41, 5.74) is 13.1. The Kier molecular flexibility index (Phi) is 6.36. The van der Waals surface area contributed by atoms with Crippen LogP contribution in [0.4, 0.5) is 0 Å². The van der Waals surface area contributed by atoms with E-state index in [2.05, 4.69) is 31.4 Å². The van der Waals surface area contributed by atoms with E-state index in [9.17, 15) is 0 Å². The lowest BCUT2D eigenvalue weighted by Gasteiger charge is -2.17. The lowest BCUT2D eigenvalue weighted by atomic mass is 9.99. The van der Waals surface area contributed by atoms with Gasteiger partial charge in [0.2, 0.25) is 5.75 Å². The zero-order valence-electron chi connectivity index (χ0n) is 15.9. The van der Waals surface area contributed by atoms with Gasteiger partial charge in [0.25, 0.3) is 0 Å². The first-order valence-corrected chi connectivity index (χ1v) is 8.33. The molecule has 6 heteroatoms. The summed E-state index contributed by atoms with van der Waals surface area (Å²) in [6, 6.07) is 11.7. The maximum absolute atomic E-state index is 6.40. The monoisotopic (exact) mass is 357 g/mol. The molecule has 0 aliphatic rings. The highest BCUT2D eigenvalue weighted by atomic mass is 16.5. The van der Waals surface area contributed by atoms with Crippen molar-refractivity contribution in [1.29, 1.82) is 0 Å². The fraction of sp³-hybridized carbons (Fsp3) is 0.300. The summed E-state index contributed by atoms with van der Waals surface area (Å²) in [6.07, 6.45) is 0. The first kappa shape index (κ1) is 19.5. The van der Waals surface area contributed by atoms with Crippen molar-refractivity contribution in [2.45, 2.75) is 19.8 Å². The molecule has 0 aliphatic heterocycles. The predicted molar refractivity (Wildman–Crippen MR) is 105 cm³/mol. The van der Waals surface area contributed by atoms with Gasteiger partial charge in [-0.05, 0) is 23.6 Å². The van der Waals surface area contributed by atoms with E-state index >= 15 is 0 Å². The molecule has 0 aliphatic carbocycles. The van der Waals surface area contributed by atoms with Crippen molar-refractivity contribution in [3.63, 3.8) is 0 Å². The quantitative estimate of drug-likeness (QED) is 0.401. The Morgan fingerprint density at radius 2 is 1.42 bits per heavy atom. The van der Waals surface area contributed by atoms with Crippen LogP contribution in [0.2, 0.25) is 0 Å². The summed E-state index contributed by atoms with van der Waals surface area (Å²) in [7, 11) is 4.68. The van der Waals surface area contributed by atoms with Crippen LogP contribution in [0.1, 0.15) is 36.5 Å². The fourth-order valence-electron chi connectivity index (χ4n) is 2.73. The fourth-order valence-corrected chi connectivity index (χ4v) is 2.73. The Hall–Kier alpha value is -2.86. The predicted octanol–water partition coefficient (Wildman–Crippen LogP) is 3.08. The number of nitrogens with one attached hydrogen (secondary N) is 1. The molecule has 0 heterocycles. The molecule has 0 bridgehead atoms. The number of ether oxygens (including phenoxy) is 3. The minimum Gasteiger partial charge on any atom is -0.493 e. The third kappa shape index (κ3) is 3.86. The van der Waals surface area contributed by atoms with Gasteiger partial charge in [-0.25, -0.2) is 0 Å². The van der Waals surface area contributed by atoms with Crippen molar-refractivity contribution in [3.8, 4) is 17.2 Å². The molecule has 0 fully saturated rings. The van der Waals surface area contributed by atoms with Gasteiger partial charge >= 0.3 is 0 Å². The summed E-state index contributed by atoms with van der Waals surface area (Å²) >= 11 is 0. The van der Waals surface area contributed by atoms with Crippen molar-refractivity contribution in [2.24, 2.45) is 11.6 Å². The molecule has 2 rings (SSSR count). The maximum Gasteiger partial charge on any atom is 0.203 e. The van der Waals surface area contributed by atoms with Gasteiger partial charge in [0.15, 0.2) is 11.5 Å². The second kappa shape index (κ2) is 8.49. The number of nitrogens with two attached hydrogens (primary N) is 2. The second-order valence-electron chi connectivity index (χ2n) is 6.12. The molecule has 0 unspecified atom stereocenters. The Labute approximate surface area is 154 Å². The highest BCUT2D eigenvalue weighted by Gasteiger charge is 2.16. The van der Waals surface area contributed by atoms with Crippen molar-refractivity contribution >= 4 is 11.4 Å². The summed E-state index contributed by atoms with van der Waals surface area (Å²) in [5.74, 6) is 7.77. The van der Waals surface area contributed by atoms with E-state index in [-0.39, 0.29) is 0 Å². The maximum atomic E-state index is 6.40. The molecule has 26 heavy (non-hydrogen) atoms. The van der Waals surface area contributed by atoms with Crippen LogP contribution in [-0.4, -0.2) is 21.3 Å². The number of rotatable bonds is 7. The normalized spacial score (nSPS) is 11.8. The summed E-state index contributed by atoms with van der Waals surface area (Å²) in [6.45, 7) is 4.30. The molecule has 0 aromatic heterocycles. The molecule has 2 aromatic carbocycles. The lowest BCUT2D eigenvalue weighted by Crippen LogP contribution is -2.23. The van der Waals surface area contributed by atoms with Gasteiger partial charge in [-0.1, -0.05) is 38.1 Å². The standard InChI is InChI=1S/C20H27N3O3/c1-12(2)13-6-8-14(9-7-13)19(23-22)18(21)15-10-16(24-3)20(26-5)17(11-15)25-4/h6-12,23H,21-22H2,1-5H3/b19-18-. The van der Waals surface area contributed by atoms with E-state index < -0.39 is 0 Å². The zero-order chi connectivity index (χ0) is 19.3. The molecule has 0 spiro atoms. The van der Waals surface area contributed by atoms with E-state index in [1.165, 1.54) is 5.56 Å². The minimum absolute atomic E-state index is 0.453. The zero-order valence-corrected chi connectivity index (χ0v) is 15.9. The van der Waals surface area contributed by atoms with Gasteiger partial charge in [0.1, 0.15) is 0 Å². The number of hydrogen-bond acceptors (Lipinski definition) is 6. The molecule has 0 radical (unpaired) electrons. The van der Waals surface area contributed by atoms with Crippen molar-refractivity contribution in [1.82, 2.24) is 5.43 Å². The third-order valence-corrected chi connectivity index (χ3v) is 4.26. The SMILES string of the molecule is COc1cc(/C(N)=C(/NN)c2ccc(C(C)C)cc2)cc(OC)c1OC. The summed E-state index contributed by atoms with van der Waals surface area (Å²) in [5, 5.41) is 0. The molecule has 0 amide bonds. The number of hydrazine groups is 1. The smallest absolute Gasteiger partial charge is 0.203 e. The van der Waals surface area contributed by atoms with E-state index in [4.69, 9.17) is 25.8 Å². The van der Waals surface area contributed by atoms with Crippen molar-refractivity contribution in [3.05, 3.63) is 53.1 Å². The van der Waals surface area contributed by atoms with Gasteiger partial charge in [0, 0.05) is 11.1 Å². The van der Waals surface area contributed by atoms with Crippen LogP contribution >= 0.6 is 0 Å². The molecule has 2 aromatic rings. The second-order valence-corrected chi connectivity index (χ2v) is 6.12. The van der Waals surface area contributed by atoms with Crippen LogP contribution in [-0.2, 0) is 0 Å². The molecular weight excluding hydrogens is 330 g/mol. The average Bonchev–Trinajstić information content (AvgIpc) is 2.67. The van der Waals surface area contributed by atoms with E-state index in [1.54, 1.807) is 33.5 Å². The van der Waals surface area contributed by atoms with Crippen LogP contribution in [0.5, 0.6) is 17.2 Å². The Morgan fingerprint density at radius 3 is 1.81 bits per heavy atom. The van der Waals surface area contributed by atoms with Crippen molar-refractivity contribution < 1.29 is 14.2 Å². The van der Waals surface area contributed by atoms with Gasteiger partial charge in [0.05, 0.1) is 32.7 Å². The Bertz CT molecular complexity index is 758. The number of hydrogen-bond donors (Lipinski definition) is 3. The van der Waals surface area contributed by atoms with E-state index in [0.717, 1.165) is 5.56 Å². The molecule has 0 saturated heterocycles. The molecule has 5 N–H and O–H groups in total. The van der Waals surface area contributed by atoms with E-state index in [1.807, 2.05) is 12.1 Å². The minimum atomic E-state index is 0.453. The van der Waals surface area contributed by atoms with Gasteiger partial charge in [-0.2, -0.15) is 0 Å². The van der Waals surface area contributed by atoms with Crippen LogP contribution < -0.4 is 31.2 Å². The first-order chi connectivity index (χ1) is 12.5. The Balaban J connectivity index is 2.56. The van der Waals surface area contributed by atoms with Crippen LogP contribution in [0.25, 0.3) is 11.4 Å². The Morgan fingerprint density at radius 1 is 0.885 bits per heavy atom. The molecule has 6 nitrogen and oxygen atoms in total. The van der Waals surface area contributed by atoms with Gasteiger partial charge in [-0.3, -0.25) is 5.84 Å². The number of benzene rings is 2. The highest BCUT2D eigenvalue weighted by Crippen LogP contribution is 2.40. The summed E-state index contributed by atoms with van der Waals surface area (Å²) in [4.78, 5) is 0. The van der Waals surface area contributed by atoms with Crippen molar-refractivity contribution in [2.75, 3.05) is 21.3 Å². The van der Waals surface area contributed by atoms with Gasteiger partial charge in [-0.15, -0.1) is 0 Å². The largest absolute Gasteiger partial charge is 0.493 e. The highest BCUT2D eigenvalue weighted by molar-refractivity contribution is 5.89. The van der Waals surface area contributed by atoms with Crippen LogP contribution in [0.3, 0.4) is 0 Å². The molecule has 0 saturated carbocycles. The van der Waals surface area contributed by atoms with Gasteiger partial charge < -0.3 is 25.4 Å². The lowest BCUT2D eigenvalue weighted by molar-refractivity contribution is 0.324. The molecular formula is C20H27N3O3.